The molecule has 0 radical (unpaired) electrons. The van der Waals surface area contributed by atoms with Gasteiger partial charge in [0.15, 0.2) is 0 Å². The first kappa shape index (κ1) is 10.4. The van der Waals surface area contributed by atoms with Crippen LogP contribution < -0.4 is 0 Å². The van der Waals surface area contributed by atoms with Crippen LogP contribution in [0.4, 0.5) is 0 Å². The van der Waals surface area contributed by atoms with Crippen molar-refractivity contribution in [2.75, 3.05) is 0 Å². The topological polar surface area (TPSA) is 38.0 Å². The second-order valence-electron chi connectivity index (χ2n) is 3.34. The van der Waals surface area contributed by atoms with Gasteiger partial charge in [-0.05, 0) is 28.9 Å². The minimum atomic E-state index is -0.496. The van der Waals surface area contributed by atoms with Crippen LogP contribution in [0.5, 0.6) is 0 Å². The van der Waals surface area contributed by atoms with E-state index in [4.69, 9.17) is 0 Å². The highest BCUT2D eigenvalue weighted by atomic mass is 79.9. The lowest BCUT2D eigenvalue weighted by Crippen LogP contribution is -2.02. The molecule has 4 heteroatoms. The zero-order valence-corrected chi connectivity index (χ0v) is 9.85. The molecule has 2 rings (SSSR count). The maximum absolute atomic E-state index is 9.62. The normalized spacial score (nSPS) is 12.7. The first-order chi connectivity index (χ1) is 7.18. The quantitative estimate of drug-likeness (QED) is 0.908. The van der Waals surface area contributed by atoms with Crippen LogP contribution in [0.1, 0.15) is 18.6 Å². The Hall–Kier alpha value is -1.13. The summed E-state index contributed by atoms with van der Waals surface area (Å²) in [7, 11) is 0. The Bertz CT molecular complexity index is 465. The van der Waals surface area contributed by atoms with Gasteiger partial charge in [0.05, 0.1) is 22.5 Å². The largest absolute Gasteiger partial charge is 0.389 e. The number of nitrogens with zero attached hydrogens (tertiary/aromatic N) is 2. The lowest BCUT2D eigenvalue weighted by molar-refractivity contribution is 0.199. The van der Waals surface area contributed by atoms with Crippen LogP contribution in [-0.2, 0) is 0 Å². The highest BCUT2D eigenvalue weighted by Gasteiger charge is 2.09. The molecule has 0 aliphatic rings. The van der Waals surface area contributed by atoms with Gasteiger partial charge >= 0.3 is 0 Å². The van der Waals surface area contributed by atoms with Gasteiger partial charge in [-0.15, -0.1) is 0 Å². The first-order valence-electron chi connectivity index (χ1n) is 4.66. The van der Waals surface area contributed by atoms with Gasteiger partial charge < -0.3 is 5.11 Å². The number of benzene rings is 1. The van der Waals surface area contributed by atoms with Crippen LogP contribution in [0, 0.1) is 0 Å². The summed E-state index contributed by atoms with van der Waals surface area (Å²) in [6.45, 7) is 1.75. The third kappa shape index (κ3) is 2.11. The summed E-state index contributed by atoms with van der Waals surface area (Å²) in [5.74, 6) is 0. The maximum atomic E-state index is 9.62. The van der Waals surface area contributed by atoms with E-state index in [1.807, 2.05) is 30.5 Å². The molecule has 0 fully saturated rings. The minimum absolute atomic E-state index is 0.496. The van der Waals surface area contributed by atoms with E-state index in [9.17, 15) is 5.11 Å². The molecule has 0 unspecified atom stereocenters. The van der Waals surface area contributed by atoms with E-state index in [1.165, 1.54) is 0 Å². The number of rotatable bonds is 2. The highest BCUT2D eigenvalue weighted by Crippen LogP contribution is 2.21. The van der Waals surface area contributed by atoms with Crippen molar-refractivity contribution in [1.82, 2.24) is 9.78 Å². The third-order valence-corrected chi connectivity index (χ3v) is 2.59. The number of hydrogen-bond acceptors (Lipinski definition) is 2. The lowest BCUT2D eigenvalue weighted by Gasteiger charge is -2.11. The standard InChI is InChI=1S/C11H11BrN2O/c1-8(15)10-4-2-3-5-11(10)14-7-9(12)6-13-14/h2-8,15H,1H3/t8-/m1/s1. The zero-order chi connectivity index (χ0) is 10.8. The highest BCUT2D eigenvalue weighted by molar-refractivity contribution is 9.10. The van der Waals surface area contributed by atoms with Crippen LogP contribution in [0.2, 0.25) is 0 Å². The fraction of sp³-hybridized carbons (Fsp3) is 0.182. The monoisotopic (exact) mass is 266 g/mol. The third-order valence-electron chi connectivity index (χ3n) is 2.18. The fourth-order valence-corrected chi connectivity index (χ4v) is 1.77. The molecule has 1 atom stereocenters. The predicted molar refractivity (Wildman–Crippen MR) is 61.9 cm³/mol. The number of aliphatic hydroxyl groups excluding tert-OH is 1. The Labute approximate surface area is 96.5 Å². The van der Waals surface area contributed by atoms with Gasteiger partial charge in [0, 0.05) is 11.8 Å². The van der Waals surface area contributed by atoms with Gasteiger partial charge in [-0.2, -0.15) is 5.10 Å². The molecule has 0 aliphatic carbocycles. The van der Waals surface area contributed by atoms with Crippen molar-refractivity contribution in [2.45, 2.75) is 13.0 Å². The van der Waals surface area contributed by atoms with Crippen molar-refractivity contribution >= 4 is 15.9 Å². The second-order valence-corrected chi connectivity index (χ2v) is 4.25. The smallest absolute Gasteiger partial charge is 0.0782 e. The Balaban J connectivity index is 2.52. The van der Waals surface area contributed by atoms with Gasteiger partial charge in [-0.3, -0.25) is 0 Å². The summed E-state index contributed by atoms with van der Waals surface area (Å²) in [5, 5.41) is 13.8. The van der Waals surface area contributed by atoms with Crippen molar-refractivity contribution in [3.63, 3.8) is 0 Å². The first-order valence-corrected chi connectivity index (χ1v) is 5.45. The fourth-order valence-electron chi connectivity index (χ4n) is 1.48. The Kier molecular flexibility index (Phi) is 2.88. The van der Waals surface area contributed by atoms with Crippen molar-refractivity contribution in [2.24, 2.45) is 0 Å². The van der Waals surface area contributed by atoms with E-state index < -0.39 is 6.10 Å². The summed E-state index contributed by atoms with van der Waals surface area (Å²) >= 11 is 3.35. The number of hydrogen-bond donors (Lipinski definition) is 1. The molecule has 2 aromatic rings. The van der Waals surface area contributed by atoms with Crippen molar-refractivity contribution in [3.8, 4) is 5.69 Å². The molecule has 0 amide bonds. The summed E-state index contributed by atoms with van der Waals surface area (Å²) in [6, 6.07) is 7.66. The summed E-state index contributed by atoms with van der Waals surface area (Å²) in [4.78, 5) is 0. The summed E-state index contributed by atoms with van der Waals surface area (Å²) < 4.78 is 2.66. The Morgan fingerprint density at radius 1 is 1.40 bits per heavy atom. The molecule has 1 heterocycles. The van der Waals surface area contributed by atoms with Crippen LogP contribution in [0.15, 0.2) is 41.1 Å². The average molecular weight is 267 g/mol. The molecule has 0 saturated heterocycles. The van der Waals surface area contributed by atoms with Crippen molar-refractivity contribution < 1.29 is 5.11 Å². The molecule has 0 spiro atoms. The molecule has 3 nitrogen and oxygen atoms in total. The number of halogens is 1. The van der Waals surface area contributed by atoms with Crippen LogP contribution >= 0.6 is 15.9 Å². The van der Waals surface area contributed by atoms with E-state index in [-0.39, 0.29) is 0 Å². The Morgan fingerprint density at radius 2 is 2.13 bits per heavy atom. The molecular weight excluding hydrogens is 256 g/mol. The Morgan fingerprint density at radius 3 is 2.73 bits per heavy atom. The minimum Gasteiger partial charge on any atom is -0.389 e. The molecular formula is C11H11BrN2O. The van der Waals surface area contributed by atoms with Gasteiger partial charge in [0.25, 0.3) is 0 Å². The van der Waals surface area contributed by atoms with Crippen LogP contribution in [-0.4, -0.2) is 14.9 Å². The second kappa shape index (κ2) is 4.16. The average Bonchev–Trinajstić information content (AvgIpc) is 2.65. The molecule has 1 aromatic heterocycles. The summed E-state index contributed by atoms with van der Waals surface area (Å²) in [6.07, 6.45) is 3.09. The molecule has 1 N–H and O–H groups in total. The zero-order valence-electron chi connectivity index (χ0n) is 8.26. The number of aliphatic hydroxyl groups is 1. The summed E-state index contributed by atoms with van der Waals surface area (Å²) in [5.41, 5.74) is 1.77. The van der Waals surface area contributed by atoms with Gasteiger partial charge in [-0.1, -0.05) is 18.2 Å². The number of aromatic nitrogens is 2. The van der Waals surface area contributed by atoms with E-state index in [2.05, 4.69) is 21.0 Å². The van der Waals surface area contributed by atoms with Crippen molar-refractivity contribution in [3.05, 3.63) is 46.7 Å². The van der Waals surface area contributed by atoms with E-state index in [0.717, 1.165) is 15.7 Å². The van der Waals surface area contributed by atoms with Gasteiger partial charge in [-0.25, -0.2) is 4.68 Å². The predicted octanol–water partition coefficient (Wildman–Crippen LogP) is 2.69. The molecule has 0 saturated carbocycles. The molecule has 1 aromatic carbocycles. The molecule has 15 heavy (non-hydrogen) atoms. The number of para-hydroxylation sites is 1. The van der Waals surface area contributed by atoms with Crippen molar-refractivity contribution in [1.29, 1.82) is 0 Å². The maximum Gasteiger partial charge on any atom is 0.0782 e. The van der Waals surface area contributed by atoms with Gasteiger partial charge in [0.2, 0.25) is 0 Å². The molecule has 0 bridgehead atoms. The lowest BCUT2D eigenvalue weighted by atomic mass is 10.1. The molecule has 0 aliphatic heterocycles. The SMILES string of the molecule is C[C@@H](O)c1ccccc1-n1cc(Br)cn1. The van der Waals surface area contributed by atoms with Crippen LogP contribution in [0.3, 0.4) is 0 Å². The van der Waals surface area contributed by atoms with Gasteiger partial charge in [0.1, 0.15) is 0 Å². The van der Waals surface area contributed by atoms with E-state index in [1.54, 1.807) is 17.8 Å². The van der Waals surface area contributed by atoms with Crippen LogP contribution in [0.25, 0.3) is 5.69 Å². The molecule has 78 valence electrons. The van der Waals surface area contributed by atoms with E-state index >= 15 is 0 Å². The van der Waals surface area contributed by atoms with E-state index in [0.29, 0.717) is 0 Å².